The summed E-state index contributed by atoms with van der Waals surface area (Å²) < 4.78 is 28.6. The molecule has 5 rings (SSSR count). The average molecular weight is 577 g/mol. The van der Waals surface area contributed by atoms with Gasteiger partial charge in [-0.2, -0.15) is 0 Å². The lowest BCUT2D eigenvalue weighted by Crippen LogP contribution is -2.33. The van der Waals surface area contributed by atoms with E-state index < -0.39 is 16.0 Å². The van der Waals surface area contributed by atoms with Crippen molar-refractivity contribution in [1.82, 2.24) is 5.43 Å². The topological polar surface area (TPSA) is 184 Å². The predicted molar refractivity (Wildman–Crippen MR) is 154 cm³/mol. The summed E-state index contributed by atoms with van der Waals surface area (Å²) in [5, 5.41) is 28.7. The number of nitrogens with two attached hydrogens (primary N) is 1. The Labute approximate surface area is 232 Å². The molecule has 0 unspecified atom stereocenters. The molecule has 3 aromatic carbocycles. The van der Waals surface area contributed by atoms with Crippen LogP contribution in [0.25, 0.3) is 33.4 Å². The number of nitrogens with one attached hydrogen (secondary N) is 3. The molecule has 11 nitrogen and oxygen atoms in total. The van der Waals surface area contributed by atoms with E-state index in [4.69, 9.17) is 21.8 Å². The van der Waals surface area contributed by atoms with Gasteiger partial charge >= 0.3 is 5.97 Å². The van der Waals surface area contributed by atoms with Crippen LogP contribution in [0.5, 0.6) is 5.75 Å². The Morgan fingerprint density at radius 2 is 1.60 bits per heavy atom. The zero-order valence-corrected chi connectivity index (χ0v) is 22.0. The monoisotopic (exact) mass is 576 g/mol. The summed E-state index contributed by atoms with van der Waals surface area (Å²) in [6, 6.07) is 19.0. The van der Waals surface area contributed by atoms with Crippen LogP contribution in [-0.4, -0.2) is 29.7 Å². The molecule has 1 heterocycles. The summed E-state index contributed by atoms with van der Waals surface area (Å²) >= 11 is 5.29. The Morgan fingerprint density at radius 1 is 0.900 bits per heavy atom. The minimum atomic E-state index is -3.82. The van der Waals surface area contributed by atoms with Gasteiger partial charge in [-0.1, -0.05) is 6.07 Å². The van der Waals surface area contributed by atoms with Crippen LogP contribution < -0.4 is 26.7 Å². The van der Waals surface area contributed by atoms with Crippen LogP contribution in [0, 0.1) is 0 Å². The number of rotatable bonds is 6. The van der Waals surface area contributed by atoms with Crippen molar-refractivity contribution in [3.05, 3.63) is 94.6 Å². The van der Waals surface area contributed by atoms with Crippen LogP contribution in [0.2, 0.25) is 0 Å². The van der Waals surface area contributed by atoms with Crippen LogP contribution in [0.15, 0.2) is 93.0 Å². The molecule has 0 bridgehead atoms. The Morgan fingerprint density at radius 3 is 2.30 bits per heavy atom. The number of benzene rings is 4. The summed E-state index contributed by atoms with van der Waals surface area (Å²) in [4.78, 5) is 24.3. The van der Waals surface area contributed by atoms with Crippen molar-refractivity contribution in [2.24, 2.45) is 5.14 Å². The number of aromatic carboxylic acids is 1. The van der Waals surface area contributed by atoms with Gasteiger partial charge in [0.15, 0.2) is 10.5 Å². The molecule has 7 N–H and O–H groups in total. The standard InChI is InChI=1S/C27H20N4O7S2/c28-40(36,37)18-6-1-14(2-7-18)30-31-27(39)29-15-3-8-19(22(11-15)26(34)35)25-20-9-4-16(32)12-23(20)38-24-13-17(33)5-10-21(24)25/h1-13,30,32H,(H,34,35)(H2,28,36,37)(H2,29,31,39). The number of hydrogen-bond acceptors (Lipinski definition) is 8. The Kier molecular flexibility index (Phi) is 6.85. The van der Waals surface area contributed by atoms with Crippen molar-refractivity contribution >= 4 is 55.7 Å². The van der Waals surface area contributed by atoms with Gasteiger partial charge in [0.2, 0.25) is 10.0 Å². The van der Waals surface area contributed by atoms with Crippen molar-refractivity contribution in [2.75, 3.05) is 10.7 Å². The summed E-state index contributed by atoms with van der Waals surface area (Å²) in [6.07, 6.45) is 0. The number of thiocarbonyl (C=S) groups is 1. The van der Waals surface area contributed by atoms with Gasteiger partial charge in [-0.05, 0) is 78.4 Å². The van der Waals surface area contributed by atoms with Crippen LogP contribution in [-0.2, 0) is 10.0 Å². The third-order valence-corrected chi connectivity index (χ3v) is 7.09. The molecule has 0 radical (unpaired) electrons. The molecule has 0 saturated heterocycles. The number of anilines is 2. The first-order chi connectivity index (χ1) is 19.0. The molecule has 0 aromatic heterocycles. The first-order valence-corrected chi connectivity index (χ1v) is 13.5. The molecule has 0 amide bonds. The summed E-state index contributed by atoms with van der Waals surface area (Å²) in [5.41, 5.74) is 7.76. The highest BCUT2D eigenvalue weighted by Crippen LogP contribution is 2.42. The fraction of sp³-hybridized carbons (Fsp3) is 0. The van der Waals surface area contributed by atoms with Gasteiger partial charge in [0.05, 0.1) is 16.1 Å². The number of carboxylic acids is 1. The van der Waals surface area contributed by atoms with Gasteiger partial charge in [-0.25, -0.2) is 18.4 Å². The third-order valence-electron chi connectivity index (χ3n) is 5.96. The number of sulfonamides is 1. The quantitative estimate of drug-likeness (QED) is 0.0978. The molecule has 3 aromatic rings. The van der Waals surface area contributed by atoms with Crippen molar-refractivity contribution in [2.45, 2.75) is 4.90 Å². The molecule has 0 spiro atoms. The van der Waals surface area contributed by atoms with E-state index in [0.29, 0.717) is 33.5 Å². The summed E-state index contributed by atoms with van der Waals surface area (Å²) in [7, 11) is -3.82. The molecule has 0 atom stereocenters. The van der Waals surface area contributed by atoms with Crippen molar-refractivity contribution in [3.8, 4) is 28.2 Å². The SMILES string of the molecule is NS(=O)(=O)c1ccc(NNC(=S)Nc2ccc(-c3c4ccc(=O)cc-4oc4cc(O)ccc34)c(C(=O)O)c2)cc1. The lowest BCUT2D eigenvalue weighted by atomic mass is 9.90. The second kappa shape index (κ2) is 10.3. The van der Waals surface area contributed by atoms with Gasteiger partial charge in [0.1, 0.15) is 17.1 Å². The minimum absolute atomic E-state index is 0.0436. The summed E-state index contributed by atoms with van der Waals surface area (Å²) in [5.74, 6) is -1.01. The van der Waals surface area contributed by atoms with Gasteiger partial charge in [-0.3, -0.25) is 15.6 Å². The van der Waals surface area contributed by atoms with Crippen LogP contribution >= 0.6 is 12.2 Å². The van der Waals surface area contributed by atoms with E-state index in [-0.39, 0.29) is 38.1 Å². The van der Waals surface area contributed by atoms with E-state index in [0.717, 1.165) is 0 Å². The number of primary sulfonamides is 1. The van der Waals surface area contributed by atoms with Crippen molar-refractivity contribution in [3.63, 3.8) is 0 Å². The average Bonchev–Trinajstić information content (AvgIpc) is 2.90. The largest absolute Gasteiger partial charge is 0.508 e. The second-order valence-electron chi connectivity index (χ2n) is 8.65. The fourth-order valence-electron chi connectivity index (χ4n) is 4.19. The highest BCUT2D eigenvalue weighted by Gasteiger charge is 2.22. The number of fused-ring (bicyclic) bond motifs is 2. The molecule has 1 aliphatic carbocycles. The highest BCUT2D eigenvalue weighted by atomic mass is 32.2. The molecule has 1 aliphatic heterocycles. The van der Waals surface area contributed by atoms with Crippen LogP contribution in [0.3, 0.4) is 0 Å². The number of carbonyl (C=O) groups is 1. The van der Waals surface area contributed by atoms with E-state index in [9.17, 15) is 28.2 Å². The molecule has 202 valence electrons. The van der Waals surface area contributed by atoms with E-state index in [1.807, 2.05) is 0 Å². The number of hydrogen-bond donors (Lipinski definition) is 6. The molecule has 0 fully saturated rings. The zero-order chi connectivity index (χ0) is 28.6. The maximum Gasteiger partial charge on any atom is 0.336 e. The highest BCUT2D eigenvalue weighted by molar-refractivity contribution is 7.89. The maximum atomic E-state index is 12.4. The van der Waals surface area contributed by atoms with E-state index >= 15 is 0 Å². The molecule has 13 heteroatoms. The Bertz CT molecular complexity index is 1940. The molecule has 40 heavy (non-hydrogen) atoms. The van der Waals surface area contributed by atoms with Crippen molar-refractivity contribution < 1.29 is 27.8 Å². The van der Waals surface area contributed by atoms with Gasteiger partial charge in [0.25, 0.3) is 0 Å². The van der Waals surface area contributed by atoms with Gasteiger partial charge in [0, 0.05) is 34.3 Å². The second-order valence-corrected chi connectivity index (χ2v) is 10.6. The minimum Gasteiger partial charge on any atom is -0.508 e. The fourth-order valence-corrected chi connectivity index (χ4v) is 4.87. The number of phenolic OH excluding ortho intramolecular Hbond substituents is 1. The predicted octanol–water partition coefficient (Wildman–Crippen LogP) is 3.93. The number of phenols is 1. The smallest absolute Gasteiger partial charge is 0.336 e. The number of hydrazine groups is 1. The van der Waals surface area contributed by atoms with Crippen LogP contribution in [0.4, 0.5) is 11.4 Å². The first kappa shape index (κ1) is 26.6. The lowest BCUT2D eigenvalue weighted by Gasteiger charge is -2.18. The van der Waals surface area contributed by atoms with Crippen LogP contribution in [0.1, 0.15) is 10.4 Å². The number of carboxylic acid groups (broad SMARTS) is 1. The molecular weight excluding hydrogens is 556 g/mol. The molecular formula is C27H20N4O7S2. The Hall–Kier alpha value is -4.98. The van der Waals surface area contributed by atoms with Crippen molar-refractivity contribution in [1.29, 1.82) is 0 Å². The van der Waals surface area contributed by atoms with E-state index in [2.05, 4.69) is 16.2 Å². The van der Waals surface area contributed by atoms with E-state index in [1.54, 1.807) is 24.3 Å². The number of aromatic hydroxyl groups is 1. The first-order valence-electron chi connectivity index (χ1n) is 11.5. The summed E-state index contributed by atoms with van der Waals surface area (Å²) in [6.45, 7) is 0. The van der Waals surface area contributed by atoms with E-state index in [1.165, 1.54) is 54.6 Å². The molecule has 2 aliphatic rings. The third kappa shape index (κ3) is 5.42. The Balaban J connectivity index is 1.46. The zero-order valence-electron chi connectivity index (χ0n) is 20.3. The molecule has 0 saturated carbocycles. The van der Waals surface area contributed by atoms with Gasteiger partial charge in [-0.15, -0.1) is 0 Å². The normalized spacial score (nSPS) is 11.3. The lowest BCUT2D eigenvalue weighted by molar-refractivity contribution is 0.0697. The maximum absolute atomic E-state index is 12.4. The van der Waals surface area contributed by atoms with Gasteiger partial charge < -0.3 is 19.9 Å².